The summed E-state index contributed by atoms with van der Waals surface area (Å²) in [6, 6.07) is 19.0. The van der Waals surface area contributed by atoms with Gasteiger partial charge in [-0.2, -0.15) is 0 Å². The highest BCUT2D eigenvalue weighted by Crippen LogP contribution is 2.10. The maximum absolute atomic E-state index is 12.7. The lowest BCUT2D eigenvalue weighted by Crippen LogP contribution is -3.29. The van der Waals surface area contributed by atoms with Crippen molar-refractivity contribution in [1.29, 1.82) is 0 Å². The van der Waals surface area contributed by atoms with E-state index in [4.69, 9.17) is 0 Å². The lowest BCUT2D eigenvalue weighted by molar-refractivity contribution is -1.02. The third-order valence-electron chi connectivity index (χ3n) is 5.80. The Balaban J connectivity index is 1.47. The molecule has 0 spiro atoms. The number of benzene rings is 2. The number of carbonyl (C=O) groups excluding carboxylic acids is 1. The molecule has 0 bridgehead atoms. The summed E-state index contributed by atoms with van der Waals surface area (Å²) in [5.74, 6) is 0.156. The van der Waals surface area contributed by atoms with Gasteiger partial charge < -0.3 is 15.1 Å². The van der Waals surface area contributed by atoms with Gasteiger partial charge in [-0.1, -0.05) is 60.2 Å². The molecule has 27 heavy (non-hydrogen) atoms. The van der Waals surface area contributed by atoms with E-state index in [9.17, 15) is 4.79 Å². The molecule has 0 unspecified atom stereocenters. The third kappa shape index (κ3) is 5.41. The Morgan fingerprint density at radius 2 is 1.70 bits per heavy atom. The fourth-order valence-corrected chi connectivity index (χ4v) is 3.99. The lowest BCUT2D eigenvalue weighted by atomic mass is 10.1. The highest BCUT2D eigenvalue weighted by molar-refractivity contribution is 5.80. The van der Waals surface area contributed by atoms with Crippen molar-refractivity contribution in [2.75, 3.05) is 26.2 Å². The molecule has 2 aromatic carbocycles. The molecule has 1 fully saturated rings. The van der Waals surface area contributed by atoms with Gasteiger partial charge in [0, 0.05) is 5.56 Å². The zero-order valence-corrected chi connectivity index (χ0v) is 16.8. The highest BCUT2D eigenvalue weighted by Gasteiger charge is 2.31. The van der Waals surface area contributed by atoms with Gasteiger partial charge in [-0.25, -0.2) is 0 Å². The van der Waals surface area contributed by atoms with Crippen molar-refractivity contribution in [2.24, 2.45) is 0 Å². The van der Waals surface area contributed by atoms with Crippen LogP contribution >= 0.6 is 0 Å². The van der Waals surface area contributed by atoms with E-state index in [1.54, 1.807) is 4.90 Å². The van der Waals surface area contributed by atoms with Crippen molar-refractivity contribution >= 4 is 5.91 Å². The lowest BCUT2D eigenvalue weighted by Gasteiger charge is -2.33. The number of quaternary nitrogens is 2. The summed E-state index contributed by atoms with van der Waals surface area (Å²) in [6.45, 7) is 11.7. The summed E-state index contributed by atoms with van der Waals surface area (Å²) in [4.78, 5) is 15.7. The molecule has 3 rings (SSSR count). The Kier molecular flexibility index (Phi) is 6.64. The SMILES string of the molecule is Cc1cccc(C[NH+]2CC[NH+]([C@@H](C)C(=O)N[C@H](C)c3ccccc3)CC2)c1. The predicted molar refractivity (Wildman–Crippen MR) is 109 cm³/mol. The topological polar surface area (TPSA) is 38.0 Å². The fraction of sp³-hybridized carbons (Fsp3) is 0.435. The average molecular weight is 368 g/mol. The van der Waals surface area contributed by atoms with Crippen LogP contribution in [0.15, 0.2) is 54.6 Å². The minimum atomic E-state index is -0.00307. The summed E-state index contributed by atoms with van der Waals surface area (Å²) in [5.41, 5.74) is 3.89. The number of hydrogen-bond acceptors (Lipinski definition) is 1. The molecular formula is C23H33N3O+2. The van der Waals surface area contributed by atoms with Crippen LogP contribution in [0.4, 0.5) is 0 Å². The van der Waals surface area contributed by atoms with E-state index >= 15 is 0 Å². The molecule has 2 aromatic rings. The number of piperazine rings is 1. The van der Waals surface area contributed by atoms with E-state index < -0.39 is 0 Å². The van der Waals surface area contributed by atoms with E-state index in [1.165, 1.54) is 16.0 Å². The van der Waals surface area contributed by atoms with Gasteiger partial charge in [-0.05, 0) is 26.3 Å². The second kappa shape index (κ2) is 9.16. The number of carbonyl (C=O) groups is 1. The Morgan fingerprint density at radius 3 is 2.37 bits per heavy atom. The van der Waals surface area contributed by atoms with Crippen LogP contribution < -0.4 is 15.1 Å². The molecule has 0 aliphatic carbocycles. The van der Waals surface area contributed by atoms with E-state index in [0.29, 0.717) is 0 Å². The van der Waals surface area contributed by atoms with E-state index in [2.05, 4.69) is 62.5 Å². The Hall–Kier alpha value is -2.17. The molecule has 4 nitrogen and oxygen atoms in total. The monoisotopic (exact) mass is 367 g/mol. The summed E-state index contributed by atoms with van der Waals surface area (Å²) in [5, 5.41) is 3.18. The minimum Gasteiger partial charge on any atom is -0.344 e. The van der Waals surface area contributed by atoms with Gasteiger partial charge in [0.25, 0.3) is 5.91 Å². The van der Waals surface area contributed by atoms with Crippen molar-refractivity contribution in [3.8, 4) is 0 Å². The molecule has 0 radical (unpaired) electrons. The zero-order valence-electron chi connectivity index (χ0n) is 16.8. The highest BCUT2D eigenvalue weighted by atomic mass is 16.2. The van der Waals surface area contributed by atoms with Gasteiger partial charge in [-0.3, -0.25) is 4.79 Å². The molecule has 1 heterocycles. The van der Waals surface area contributed by atoms with Gasteiger partial charge >= 0.3 is 0 Å². The largest absolute Gasteiger partial charge is 0.344 e. The van der Waals surface area contributed by atoms with Gasteiger partial charge in [0.1, 0.15) is 32.7 Å². The Bertz CT molecular complexity index is 738. The summed E-state index contributed by atoms with van der Waals surface area (Å²) < 4.78 is 0. The van der Waals surface area contributed by atoms with Crippen LogP contribution in [0.2, 0.25) is 0 Å². The first-order chi connectivity index (χ1) is 13.0. The third-order valence-corrected chi connectivity index (χ3v) is 5.80. The van der Waals surface area contributed by atoms with Gasteiger partial charge in [0.15, 0.2) is 6.04 Å². The van der Waals surface area contributed by atoms with Crippen LogP contribution in [0.5, 0.6) is 0 Å². The number of hydrogen-bond donors (Lipinski definition) is 3. The smallest absolute Gasteiger partial charge is 0.278 e. The first-order valence-electron chi connectivity index (χ1n) is 10.1. The maximum Gasteiger partial charge on any atom is 0.278 e. The number of amides is 1. The molecule has 144 valence electrons. The molecule has 2 atom stereocenters. The molecule has 1 aliphatic rings. The second-order valence-electron chi connectivity index (χ2n) is 7.94. The molecule has 4 heteroatoms. The van der Waals surface area contributed by atoms with Crippen molar-refractivity contribution in [2.45, 2.75) is 39.4 Å². The van der Waals surface area contributed by atoms with E-state index in [0.717, 1.165) is 38.3 Å². The standard InChI is InChI=1S/C23H31N3O/c1-18-8-7-9-21(16-18)17-25-12-14-26(15-13-25)20(3)23(27)24-19(2)22-10-5-4-6-11-22/h4-11,16,19-20H,12-15,17H2,1-3H3,(H,24,27)/p+2/t19-,20+/m1/s1. The van der Waals surface area contributed by atoms with Crippen LogP contribution in [0.25, 0.3) is 0 Å². The Labute approximate surface area is 163 Å². The summed E-state index contributed by atoms with van der Waals surface area (Å²) >= 11 is 0. The van der Waals surface area contributed by atoms with Crippen molar-refractivity contribution in [1.82, 2.24) is 5.32 Å². The quantitative estimate of drug-likeness (QED) is 0.685. The molecule has 1 saturated heterocycles. The minimum absolute atomic E-state index is 0.00307. The summed E-state index contributed by atoms with van der Waals surface area (Å²) in [7, 11) is 0. The van der Waals surface area contributed by atoms with E-state index in [-0.39, 0.29) is 18.0 Å². The van der Waals surface area contributed by atoms with Crippen LogP contribution in [-0.2, 0) is 11.3 Å². The van der Waals surface area contributed by atoms with Gasteiger partial charge in [-0.15, -0.1) is 0 Å². The van der Waals surface area contributed by atoms with Crippen LogP contribution in [-0.4, -0.2) is 38.1 Å². The van der Waals surface area contributed by atoms with Crippen molar-refractivity contribution in [3.05, 3.63) is 71.3 Å². The van der Waals surface area contributed by atoms with Crippen LogP contribution in [0.3, 0.4) is 0 Å². The summed E-state index contributed by atoms with van der Waals surface area (Å²) in [6.07, 6.45) is 0. The molecule has 0 aromatic heterocycles. The van der Waals surface area contributed by atoms with Crippen LogP contribution in [0, 0.1) is 6.92 Å². The molecular weight excluding hydrogens is 334 g/mol. The molecule has 1 amide bonds. The molecule has 1 aliphatic heterocycles. The van der Waals surface area contributed by atoms with Gasteiger partial charge in [0.2, 0.25) is 0 Å². The van der Waals surface area contributed by atoms with Crippen LogP contribution in [0.1, 0.15) is 36.6 Å². The van der Waals surface area contributed by atoms with E-state index in [1.807, 2.05) is 18.2 Å². The normalized spacial score (nSPS) is 22.0. The number of rotatable bonds is 6. The maximum atomic E-state index is 12.7. The zero-order chi connectivity index (χ0) is 19.2. The second-order valence-corrected chi connectivity index (χ2v) is 7.94. The Morgan fingerprint density at radius 1 is 1.00 bits per heavy atom. The first kappa shape index (κ1) is 19.6. The average Bonchev–Trinajstić information content (AvgIpc) is 2.68. The predicted octanol–water partition coefficient (Wildman–Crippen LogP) is 0.544. The first-order valence-corrected chi connectivity index (χ1v) is 10.1. The van der Waals surface area contributed by atoms with Crippen molar-refractivity contribution in [3.63, 3.8) is 0 Å². The molecule has 3 N–H and O–H groups in total. The number of aryl methyl sites for hydroxylation is 1. The molecule has 0 saturated carbocycles. The van der Waals surface area contributed by atoms with Gasteiger partial charge in [0.05, 0.1) is 6.04 Å². The van der Waals surface area contributed by atoms with Crippen molar-refractivity contribution < 1.29 is 14.6 Å². The number of nitrogens with one attached hydrogen (secondary N) is 3. The fourth-order valence-electron chi connectivity index (χ4n) is 3.99.